The fourth-order valence-electron chi connectivity index (χ4n) is 3.23. The van der Waals surface area contributed by atoms with Crippen LogP contribution < -0.4 is 5.32 Å². The van der Waals surface area contributed by atoms with Gasteiger partial charge in [-0.2, -0.15) is 0 Å². The highest BCUT2D eigenvalue weighted by Crippen LogP contribution is 2.37. The summed E-state index contributed by atoms with van der Waals surface area (Å²) in [6.07, 6.45) is 6.12. The van der Waals surface area contributed by atoms with Gasteiger partial charge in [-0.05, 0) is 43.4 Å². The molecule has 0 spiro atoms. The highest BCUT2D eigenvalue weighted by Gasteiger charge is 2.40. The van der Waals surface area contributed by atoms with Gasteiger partial charge in [-0.3, -0.25) is 10.1 Å². The van der Waals surface area contributed by atoms with Gasteiger partial charge in [0.05, 0.1) is 12.2 Å². The second-order valence-electron chi connectivity index (χ2n) is 6.96. The standard InChI is InChI=1S/C16H30N2O/c1-5-6-14-16(19)18(10-12(4)13-7-8-13)15(17-14)9-11(2)3/h11-15,17H,5-10H2,1-4H3. The summed E-state index contributed by atoms with van der Waals surface area (Å²) in [6.45, 7) is 9.89. The van der Waals surface area contributed by atoms with Crippen LogP contribution in [-0.4, -0.2) is 29.6 Å². The molecular weight excluding hydrogens is 236 g/mol. The SMILES string of the molecule is CCCC1NC(CC(C)C)N(CC(C)C2CC2)C1=O. The predicted molar refractivity (Wildman–Crippen MR) is 78.7 cm³/mol. The van der Waals surface area contributed by atoms with Gasteiger partial charge in [0.2, 0.25) is 5.91 Å². The zero-order valence-corrected chi connectivity index (χ0v) is 13.0. The van der Waals surface area contributed by atoms with Crippen molar-refractivity contribution in [3.05, 3.63) is 0 Å². The van der Waals surface area contributed by atoms with Gasteiger partial charge in [-0.1, -0.05) is 34.1 Å². The molecule has 3 heteroatoms. The number of nitrogens with one attached hydrogen (secondary N) is 1. The smallest absolute Gasteiger partial charge is 0.241 e. The number of hydrogen-bond acceptors (Lipinski definition) is 2. The van der Waals surface area contributed by atoms with Gasteiger partial charge in [0.15, 0.2) is 0 Å². The van der Waals surface area contributed by atoms with Gasteiger partial charge in [-0.15, -0.1) is 0 Å². The first-order valence-corrected chi connectivity index (χ1v) is 8.09. The minimum Gasteiger partial charge on any atom is -0.326 e. The van der Waals surface area contributed by atoms with Crippen molar-refractivity contribution in [2.75, 3.05) is 6.54 Å². The summed E-state index contributed by atoms with van der Waals surface area (Å²) in [5.41, 5.74) is 0. The van der Waals surface area contributed by atoms with Gasteiger partial charge in [0.1, 0.15) is 0 Å². The van der Waals surface area contributed by atoms with Crippen LogP contribution in [-0.2, 0) is 4.79 Å². The van der Waals surface area contributed by atoms with Crippen LogP contribution in [0.25, 0.3) is 0 Å². The first-order valence-electron chi connectivity index (χ1n) is 8.09. The number of nitrogens with zero attached hydrogens (tertiary/aromatic N) is 1. The molecule has 110 valence electrons. The Hall–Kier alpha value is -0.570. The molecule has 2 rings (SSSR count). The zero-order chi connectivity index (χ0) is 14.0. The van der Waals surface area contributed by atoms with E-state index in [1.165, 1.54) is 12.8 Å². The summed E-state index contributed by atoms with van der Waals surface area (Å²) in [4.78, 5) is 14.7. The minimum atomic E-state index is 0.0696. The van der Waals surface area contributed by atoms with Crippen LogP contribution in [0, 0.1) is 17.8 Å². The number of carbonyl (C=O) groups is 1. The van der Waals surface area contributed by atoms with Crippen molar-refractivity contribution >= 4 is 5.91 Å². The molecule has 2 aliphatic rings. The first-order chi connectivity index (χ1) is 9.02. The zero-order valence-electron chi connectivity index (χ0n) is 13.0. The Morgan fingerprint density at radius 3 is 2.53 bits per heavy atom. The van der Waals surface area contributed by atoms with Gasteiger partial charge >= 0.3 is 0 Å². The monoisotopic (exact) mass is 266 g/mol. The van der Waals surface area contributed by atoms with Crippen LogP contribution >= 0.6 is 0 Å². The Labute approximate surface area is 118 Å². The van der Waals surface area contributed by atoms with Crippen LogP contribution in [0.15, 0.2) is 0 Å². The summed E-state index contributed by atoms with van der Waals surface area (Å²) < 4.78 is 0. The molecule has 0 aromatic rings. The molecule has 2 fully saturated rings. The average Bonchev–Trinajstić information content (AvgIpc) is 3.13. The van der Waals surface area contributed by atoms with Crippen LogP contribution in [0.3, 0.4) is 0 Å². The Balaban J connectivity index is 1.99. The van der Waals surface area contributed by atoms with Crippen LogP contribution in [0.2, 0.25) is 0 Å². The Morgan fingerprint density at radius 1 is 1.32 bits per heavy atom. The maximum atomic E-state index is 12.5. The third-order valence-corrected chi connectivity index (χ3v) is 4.53. The average molecular weight is 266 g/mol. The molecule has 3 atom stereocenters. The maximum Gasteiger partial charge on any atom is 0.241 e. The molecular formula is C16H30N2O. The van der Waals surface area contributed by atoms with E-state index in [0.29, 0.717) is 17.7 Å². The molecule has 0 aromatic carbocycles. The van der Waals surface area contributed by atoms with Crippen LogP contribution in [0.4, 0.5) is 0 Å². The predicted octanol–water partition coefficient (Wildman–Crippen LogP) is 3.01. The third-order valence-electron chi connectivity index (χ3n) is 4.53. The molecule has 1 heterocycles. The normalized spacial score (nSPS) is 29.3. The van der Waals surface area contributed by atoms with E-state index in [1.807, 2.05) is 0 Å². The Bertz CT molecular complexity index is 312. The highest BCUT2D eigenvalue weighted by atomic mass is 16.2. The number of carbonyl (C=O) groups excluding carboxylic acids is 1. The second kappa shape index (κ2) is 6.25. The van der Waals surface area contributed by atoms with Crippen molar-refractivity contribution < 1.29 is 4.79 Å². The molecule has 1 aliphatic heterocycles. The molecule has 1 aliphatic carbocycles. The van der Waals surface area contributed by atoms with E-state index in [9.17, 15) is 4.79 Å². The number of rotatable bonds is 7. The highest BCUT2D eigenvalue weighted by molar-refractivity contribution is 5.84. The fourth-order valence-corrected chi connectivity index (χ4v) is 3.23. The van der Waals surface area contributed by atoms with Crippen molar-refractivity contribution in [1.29, 1.82) is 0 Å². The van der Waals surface area contributed by atoms with Crippen LogP contribution in [0.5, 0.6) is 0 Å². The molecule has 1 N–H and O–H groups in total. The van der Waals surface area contributed by atoms with Crippen molar-refractivity contribution in [2.24, 2.45) is 17.8 Å². The lowest BCUT2D eigenvalue weighted by Gasteiger charge is -2.28. The molecule has 1 saturated heterocycles. The summed E-state index contributed by atoms with van der Waals surface area (Å²) >= 11 is 0. The van der Waals surface area contributed by atoms with Gasteiger partial charge < -0.3 is 4.90 Å². The van der Waals surface area contributed by atoms with E-state index in [2.05, 4.69) is 37.9 Å². The van der Waals surface area contributed by atoms with Gasteiger partial charge in [0.25, 0.3) is 0 Å². The Kier molecular flexibility index (Phi) is 4.88. The van der Waals surface area contributed by atoms with Crippen molar-refractivity contribution in [1.82, 2.24) is 10.2 Å². The quantitative estimate of drug-likeness (QED) is 0.768. The van der Waals surface area contributed by atoms with E-state index in [4.69, 9.17) is 0 Å². The fraction of sp³-hybridized carbons (Fsp3) is 0.938. The maximum absolute atomic E-state index is 12.5. The number of hydrogen-bond donors (Lipinski definition) is 1. The van der Waals surface area contributed by atoms with E-state index in [1.54, 1.807) is 0 Å². The third kappa shape index (κ3) is 3.71. The topological polar surface area (TPSA) is 32.3 Å². The van der Waals surface area contributed by atoms with E-state index in [-0.39, 0.29) is 12.2 Å². The lowest BCUT2D eigenvalue weighted by atomic mass is 10.0. The van der Waals surface area contributed by atoms with Crippen LogP contribution in [0.1, 0.15) is 59.8 Å². The lowest BCUT2D eigenvalue weighted by molar-refractivity contribution is -0.131. The van der Waals surface area contributed by atoms with Crippen molar-refractivity contribution in [3.63, 3.8) is 0 Å². The molecule has 0 aromatic heterocycles. The molecule has 1 amide bonds. The van der Waals surface area contributed by atoms with Crippen molar-refractivity contribution in [2.45, 2.75) is 72.0 Å². The first kappa shape index (κ1) is 14.8. The molecule has 0 bridgehead atoms. The van der Waals surface area contributed by atoms with Gasteiger partial charge in [0, 0.05) is 6.54 Å². The summed E-state index contributed by atoms with van der Waals surface area (Å²) in [6, 6.07) is 0.0696. The minimum absolute atomic E-state index is 0.0696. The summed E-state index contributed by atoms with van der Waals surface area (Å²) in [5, 5.41) is 3.56. The molecule has 1 saturated carbocycles. The van der Waals surface area contributed by atoms with Gasteiger partial charge in [-0.25, -0.2) is 0 Å². The molecule has 19 heavy (non-hydrogen) atoms. The summed E-state index contributed by atoms with van der Waals surface area (Å²) in [7, 11) is 0. The summed E-state index contributed by atoms with van der Waals surface area (Å²) in [5.74, 6) is 2.52. The second-order valence-corrected chi connectivity index (χ2v) is 6.96. The molecule has 0 radical (unpaired) electrons. The van der Waals surface area contributed by atoms with E-state index in [0.717, 1.165) is 31.7 Å². The molecule has 3 nitrogen and oxygen atoms in total. The Morgan fingerprint density at radius 2 is 2.00 bits per heavy atom. The largest absolute Gasteiger partial charge is 0.326 e. The van der Waals surface area contributed by atoms with E-state index >= 15 is 0 Å². The van der Waals surface area contributed by atoms with Crippen molar-refractivity contribution in [3.8, 4) is 0 Å². The number of amides is 1. The lowest BCUT2D eigenvalue weighted by Crippen LogP contribution is -2.41. The van der Waals surface area contributed by atoms with E-state index < -0.39 is 0 Å². The molecule has 3 unspecified atom stereocenters.